The van der Waals surface area contributed by atoms with Crippen LogP contribution in [0.3, 0.4) is 0 Å². The van der Waals surface area contributed by atoms with Gasteiger partial charge in [0.25, 0.3) is 0 Å². The lowest BCUT2D eigenvalue weighted by molar-refractivity contribution is -0.116. The van der Waals surface area contributed by atoms with Crippen LogP contribution in [-0.2, 0) is 9.53 Å². The van der Waals surface area contributed by atoms with Crippen LogP contribution in [0.1, 0.15) is 30.7 Å². The number of ether oxygens (including phenoxy) is 1. The number of nitrogens with zero attached hydrogens (tertiary/aromatic N) is 1. The highest BCUT2D eigenvalue weighted by Gasteiger charge is 2.40. The number of hydrogen-bond acceptors (Lipinski definition) is 4. The highest BCUT2D eigenvalue weighted by molar-refractivity contribution is 6.31. The normalized spacial score (nSPS) is 21.3. The molecular formula is C16H12ClFN2O2. The van der Waals surface area contributed by atoms with Gasteiger partial charge in [-0.2, -0.15) is 5.26 Å². The smallest absolute Gasteiger partial charge is 0.205 e. The van der Waals surface area contributed by atoms with Crippen LogP contribution >= 0.6 is 11.6 Å². The van der Waals surface area contributed by atoms with Gasteiger partial charge in [-0.25, -0.2) is 4.39 Å². The molecular weight excluding hydrogens is 307 g/mol. The molecule has 22 heavy (non-hydrogen) atoms. The summed E-state index contributed by atoms with van der Waals surface area (Å²) in [5.74, 6) is -1.33. The highest BCUT2D eigenvalue weighted by Crippen LogP contribution is 2.45. The maximum Gasteiger partial charge on any atom is 0.205 e. The molecule has 6 heteroatoms. The lowest BCUT2D eigenvalue weighted by atomic mass is 9.77. The molecule has 1 aliphatic carbocycles. The molecule has 0 radical (unpaired) electrons. The number of benzene rings is 1. The maximum atomic E-state index is 14.3. The van der Waals surface area contributed by atoms with Gasteiger partial charge < -0.3 is 10.5 Å². The van der Waals surface area contributed by atoms with Crippen molar-refractivity contribution in [2.24, 2.45) is 5.73 Å². The van der Waals surface area contributed by atoms with Crippen LogP contribution in [0.2, 0.25) is 5.02 Å². The molecule has 1 atom stereocenters. The van der Waals surface area contributed by atoms with Gasteiger partial charge in [0.1, 0.15) is 23.2 Å². The third-order valence-electron chi connectivity index (χ3n) is 3.89. The molecule has 1 aromatic rings. The topological polar surface area (TPSA) is 76.1 Å². The number of Topliss-reactive ketones (excluding diaryl/α,β-unsaturated/α-hetero) is 1. The predicted molar refractivity (Wildman–Crippen MR) is 77.9 cm³/mol. The lowest BCUT2D eigenvalue weighted by Crippen LogP contribution is -2.28. The van der Waals surface area contributed by atoms with Crippen molar-refractivity contribution < 1.29 is 13.9 Å². The number of nitrogens with two attached hydrogens (primary N) is 1. The SMILES string of the molecule is N#CC1=C(N)OC2=C(C(=O)CCC2)[C@H]1c1c(F)cccc1Cl. The van der Waals surface area contributed by atoms with Crippen LogP contribution in [0.15, 0.2) is 41.0 Å². The van der Waals surface area contributed by atoms with Crippen molar-refractivity contribution >= 4 is 17.4 Å². The number of halogens is 2. The summed E-state index contributed by atoms with van der Waals surface area (Å²) in [7, 11) is 0. The van der Waals surface area contributed by atoms with Crippen molar-refractivity contribution in [1.82, 2.24) is 0 Å². The van der Waals surface area contributed by atoms with E-state index in [1.165, 1.54) is 18.2 Å². The van der Waals surface area contributed by atoms with Gasteiger partial charge in [-0.05, 0) is 18.6 Å². The van der Waals surface area contributed by atoms with E-state index in [1.807, 2.05) is 6.07 Å². The van der Waals surface area contributed by atoms with Gasteiger partial charge in [-0.3, -0.25) is 4.79 Å². The van der Waals surface area contributed by atoms with Gasteiger partial charge in [0.05, 0.1) is 5.92 Å². The highest BCUT2D eigenvalue weighted by atomic mass is 35.5. The molecule has 0 saturated heterocycles. The minimum atomic E-state index is -0.907. The third kappa shape index (κ3) is 2.16. The number of ketones is 1. The molecule has 0 unspecified atom stereocenters. The zero-order valence-electron chi connectivity index (χ0n) is 11.5. The first-order valence-electron chi connectivity index (χ1n) is 6.82. The molecule has 2 N–H and O–H groups in total. The number of nitriles is 1. The van der Waals surface area contributed by atoms with Gasteiger partial charge in [-0.15, -0.1) is 0 Å². The van der Waals surface area contributed by atoms with E-state index in [9.17, 15) is 14.4 Å². The molecule has 1 aliphatic heterocycles. The number of hydrogen-bond donors (Lipinski definition) is 1. The Hall–Kier alpha value is -2.32. The first-order chi connectivity index (χ1) is 10.5. The Balaban J connectivity index is 2.28. The summed E-state index contributed by atoms with van der Waals surface area (Å²) in [5.41, 5.74) is 6.20. The Morgan fingerprint density at radius 1 is 1.41 bits per heavy atom. The van der Waals surface area contributed by atoms with Crippen LogP contribution < -0.4 is 5.73 Å². The van der Waals surface area contributed by atoms with E-state index >= 15 is 0 Å². The van der Waals surface area contributed by atoms with E-state index in [0.29, 0.717) is 30.6 Å². The summed E-state index contributed by atoms with van der Waals surface area (Å²) in [5, 5.41) is 9.53. The van der Waals surface area contributed by atoms with Gasteiger partial charge in [-0.1, -0.05) is 17.7 Å². The summed E-state index contributed by atoms with van der Waals surface area (Å²) in [6.07, 6.45) is 1.51. The standard InChI is InChI=1S/C16H12ClFN2O2/c17-9-3-1-4-10(18)14(9)13-8(7-19)16(20)22-12-6-2-5-11(21)15(12)13/h1,3-4,13H,2,5-6,20H2/t13-/m1/s1. The van der Waals surface area contributed by atoms with E-state index in [-0.39, 0.29) is 27.8 Å². The fourth-order valence-electron chi connectivity index (χ4n) is 2.93. The average molecular weight is 319 g/mol. The number of carbonyl (C=O) groups excluding carboxylic acids is 1. The molecule has 4 nitrogen and oxygen atoms in total. The second-order valence-corrected chi connectivity index (χ2v) is 5.58. The Bertz CT molecular complexity index is 757. The molecule has 2 aliphatic rings. The maximum absolute atomic E-state index is 14.3. The van der Waals surface area contributed by atoms with E-state index in [4.69, 9.17) is 22.1 Å². The second-order valence-electron chi connectivity index (χ2n) is 5.17. The van der Waals surface area contributed by atoms with Crippen molar-refractivity contribution in [3.63, 3.8) is 0 Å². The Morgan fingerprint density at radius 3 is 2.86 bits per heavy atom. The fraction of sp³-hybridized carbons (Fsp3) is 0.250. The number of carbonyl (C=O) groups is 1. The van der Waals surface area contributed by atoms with Crippen LogP contribution in [0.25, 0.3) is 0 Å². The van der Waals surface area contributed by atoms with E-state index < -0.39 is 11.7 Å². The lowest BCUT2D eigenvalue weighted by Gasteiger charge is -2.31. The summed E-state index contributed by atoms with van der Waals surface area (Å²) >= 11 is 6.12. The van der Waals surface area contributed by atoms with Gasteiger partial charge in [0.2, 0.25) is 5.88 Å². The predicted octanol–water partition coefficient (Wildman–Crippen LogP) is 3.29. The number of allylic oxidation sites excluding steroid dienone is 3. The zero-order valence-corrected chi connectivity index (χ0v) is 12.3. The molecule has 1 aromatic carbocycles. The largest absolute Gasteiger partial charge is 0.444 e. The van der Waals surface area contributed by atoms with Crippen molar-refractivity contribution in [3.8, 4) is 6.07 Å². The van der Waals surface area contributed by atoms with E-state index in [2.05, 4.69) is 0 Å². The number of rotatable bonds is 1. The zero-order chi connectivity index (χ0) is 15.9. The van der Waals surface area contributed by atoms with Crippen molar-refractivity contribution in [2.75, 3.05) is 0 Å². The minimum Gasteiger partial charge on any atom is -0.444 e. The second kappa shape index (κ2) is 5.47. The van der Waals surface area contributed by atoms with Crippen LogP contribution in [0, 0.1) is 17.1 Å². The van der Waals surface area contributed by atoms with Crippen molar-refractivity contribution in [2.45, 2.75) is 25.2 Å². The molecule has 0 bridgehead atoms. The average Bonchev–Trinajstić information content (AvgIpc) is 2.46. The van der Waals surface area contributed by atoms with Crippen molar-refractivity contribution in [1.29, 1.82) is 5.26 Å². The van der Waals surface area contributed by atoms with Crippen LogP contribution in [0.5, 0.6) is 0 Å². The molecule has 0 saturated carbocycles. The monoisotopic (exact) mass is 318 g/mol. The summed E-state index contributed by atoms with van der Waals surface area (Å²) in [6, 6.07) is 6.17. The van der Waals surface area contributed by atoms with Crippen molar-refractivity contribution in [3.05, 3.63) is 57.4 Å². The van der Waals surface area contributed by atoms with Gasteiger partial charge in [0.15, 0.2) is 5.78 Å². The minimum absolute atomic E-state index is 0.0148. The quantitative estimate of drug-likeness (QED) is 0.862. The van der Waals surface area contributed by atoms with Gasteiger partial charge in [0, 0.05) is 29.0 Å². The molecule has 112 valence electrons. The van der Waals surface area contributed by atoms with Crippen LogP contribution in [0.4, 0.5) is 4.39 Å². The molecule has 0 spiro atoms. The molecule has 1 heterocycles. The molecule has 0 fully saturated rings. The first-order valence-corrected chi connectivity index (χ1v) is 7.20. The summed E-state index contributed by atoms with van der Waals surface area (Å²) in [6.45, 7) is 0. The van der Waals surface area contributed by atoms with Gasteiger partial charge >= 0.3 is 0 Å². The summed E-state index contributed by atoms with van der Waals surface area (Å²) < 4.78 is 19.7. The first kappa shape index (κ1) is 14.6. The van der Waals surface area contributed by atoms with E-state index in [1.54, 1.807) is 0 Å². The van der Waals surface area contributed by atoms with Crippen LogP contribution in [-0.4, -0.2) is 5.78 Å². The molecule has 0 amide bonds. The molecule has 3 rings (SSSR count). The summed E-state index contributed by atoms with van der Waals surface area (Å²) in [4.78, 5) is 12.3. The Kier molecular flexibility index (Phi) is 3.63. The Labute approximate surface area is 131 Å². The Morgan fingerprint density at radius 2 is 2.18 bits per heavy atom. The van der Waals surface area contributed by atoms with E-state index in [0.717, 1.165) is 0 Å². The molecule has 0 aromatic heterocycles. The third-order valence-corrected chi connectivity index (χ3v) is 4.22. The fourth-order valence-corrected chi connectivity index (χ4v) is 3.20.